The zero-order valence-electron chi connectivity index (χ0n) is 10.2. The van der Waals surface area contributed by atoms with Crippen molar-refractivity contribution in [2.45, 2.75) is 39.3 Å². The van der Waals surface area contributed by atoms with E-state index in [1.807, 2.05) is 0 Å². The van der Waals surface area contributed by atoms with Gasteiger partial charge in [-0.1, -0.05) is 6.92 Å². The van der Waals surface area contributed by atoms with Crippen LogP contribution < -0.4 is 11.1 Å². The third-order valence-electron chi connectivity index (χ3n) is 2.90. The maximum Gasteiger partial charge on any atom is 0.238 e. The number of hydrogen-bond acceptors (Lipinski definition) is 3. The van der Waals surface area contributed by atoms with Crippen molar-refractivity contribution in [1.82, 2.24) is 10.2 Å². The molecule has 4 nitrogen and oxygen atoms in total. The summed E-state index contributed by atoms with van der Waals surface area (Å²) in [6, 6.07) is -0.185. The standard InChI is InChI=1S/C11H23N3O/c1-8-6-13-10(15)9(5-12)14(7-8)11(2,3)4/h8-9H,5-7,12H2,1-4H3,(H,13,15). The van der Waals surface area contributed by atoms with Crippen molar-refractivity contribution in [2.75, 3.05) is 19.6 Å². The first kappa shape index (κ1) is 12.5. The zero-order chi connectivity index (χ0) is 11.6. The first-order chi connectivity index (χ1) is 6.86. The zero-order valence-corrected chi connectivity index (χ0v) is 10.2. The smallest absolute Gasteiger partial charge is 0.238 e. The van der Waals surface area contributed by atoms with Gasteiger partial charge in [0.15, 0.2) is 0 Å². The summed E-state index contributed by atoms with van der Waals surface area (Å²) < 4.78 is 0. The van der Waals surface area contributed by atoms with Crippen LogP contribution in [0.25, 0.3) is 0 Å². The summed E-state index contributed by atoms with van der Waals surface area (Å²) in [6.07, 6.45) is 0. The molecule has 1 aliphatic rings. The van der Waals surface area contributed by atoms with E-state index in [-0.39, 0.29) is 17.5 Å². The maximum atomic E-state index is 11.8. The molecule has 2 unspecified atom stereocenters. The number of hydrogen-bond donors (Lipinski definition) is 2. The summed E-state index contributed by atoms with van der Waals surface area (Å²) in [5.74, 6) is 0.543. The van der Waals surface area contributed by atoms with E-state index in [1.165, 1.54) is 0 Å². The molecule has 0 spiro atoms. The van der Waals surface area contributed by atoms with Crippen molar-refractivity contribution < 1.29 is 4.79 Å². The van der Waals surface area contributed by atoms with Gasteiger partial charge in [0.05, 0.1) is 0 Å². The van der Waals surface area contributed by atoms with Gasteiger partial charge < -0.3 is 11.1 Å². The molecule has 0 radical (unpaired) electrons. The van der Waals surface area contributed by atoms with Gasteiger partial charge in [0, 0.05) is 25.2 Å². The Kier molecular flexibility index (Phi) is 3.73. The predicted octanol–water partition coefficient (Wildman–Crippen LogP) is 0.180. The maximum absolute atomic E-state index is 11.8. The minimum Gasteiger partial charge on any atom is -0.354 e. The molecule has 15 heavy (non-hydrogen) atoms. The molecule has 0 bridgehead atoms. The van der Waals surface area contributed by atoms with Gasteiger partial charge in [0.25, 0.3) is 0 Å². The van der Waals surface area contributed by atoms with Crippen molar-refractivity contribution in [2.24, 2.45) is 11.7 Å². The molecule has 0 aliphatic carbocycles. The number of carbonyl (C=O) groups excluding carboxylic acids is 1. The van der Waals surface area contributed by atoms with Crippen LogP contribution in [0, 0.1) is 5.92 Å². The van der Waals surface area contributed by atoms with Gasteiger partial charge in [-0.3, -0.25) is 9.69 Å². The molecule has 0 saturated carbocycles. The van der Waals surface area contributed by atoms with Crippen LogP contribution in [0.15, 0.2) is 0 Å². The van der Waals surface area contributed by atoms with Crippen LogP contribution in [0.4, 0.5) is 0 Å². The van der Waals surface area contributed by atoms with Crippen LogP contribution in [0.3, 0.4) is 0 Å². The van der Waals surface area contributed by atoms with Gasteiger partial charge in [-0.25, -0.2) is 0 Å². The molecule has 1 rings (SSSR count). The van der Waals surface area contributed by atoms with Gasteiger partial charge in [-0.2, -0.15) is 0 Å². The molecule has 1 amide bonds. The molecule has 0 aromatic rings. The first-order valence-electron chi connectivity index (χ1n) is 5.60. The van der Waals surface area contributed by atoms with Crippen molar-refractivity contribution in [3.05, 3.63) is 0 Å². The average molecular weight is 213 g/mol. The number of nitrogens with two attached hydrogens (primary N) is 1. The quantitative estimate of drug-likeness (QED) is 0.653. The lowest BCUT2D eigenvalue weighted by Gasteiger charge is -2.39. The summed E-state index contributed by atoms with van der Waals surface area (Å²) in [6.45, 7) is 10.6. The second-order valence-electron chi connectivity index (χ2n) is 5.43. The summed E-state index contributed by atoms with van der Waals surface area (Å²) >= 11 is 0. The minimum absolute atomic E-state index is 0.0139. The van der Waals surface area contributed by atoms with Gasteiger partial charge in [0.2, 0.25) is 5.91 Å². The van der Waals surface area contributed by atoms with Crippen LogP contribution in [-0.4, -0.2) is 42.0 Å². The van der Waals surface area contributed by atoms with E-state index in [9.17, 15) is 4.79 Å². The summed E-state index contributed by atoms with van der Waals surface area (Å²) in [7, 11) is 0. The van der Waals surface area contributed by atoms with Crippen LogP contribution in [0.2, 0.25) is 0 Å². The fourth-order valence-corrected chi connectivity index (χ4v) is 2.04. The second kappa shape index (κ2) is 4.49. The molecule has 2 atom stereocenters. The van der Waals surface area contributed by atoms with Crippen LogP contribution in [-0.2, 0) is 4.79 Å². The normalized spacial score (nSPS) is 29.8. The molecule has 0 aromatic carbocycles. The van der Waals surface area contributed by atoms with E-state index < -0.39 is 0 Å². The van der Waals surface area contributed by atoms with Crippen LogP contribution in [0.5, 0.6) is 0 Å². The number of rotatable bonds is 1. The van der Waals surface area contributed by atoms with E-state index in [2.05, 4.69) is 37.9 Å². The number of amides is 1. The average Bonchev–Trinajstić information content (AvgIpc) is 2.25. The Bertz CT molecular complexity index is 234. The van der Waals surface area contributed by atoms with Gasteiger partial charge in [-0.05, 0) is 26.7 Å². The van der Waals surface area contributed by atoms with Gasteiger partial charge >= 0.3 is 0 Å². The lowest BCUT2D eigenvalue weighted by Crippen LogP contribution is -2.56. The van der Waals surface area contributed by atoms with Crippen molar-refractivity contribution in [3.8, 4) is 0 Å². The fourth-order valence-electron chi connectivity index (χ4n) is 2.04. The fraction of sp³-hybridized carbons (Fsp3) is 0.909. The topological polar surface area (TPSA) is 58.4 Å². The highest BCUT2D eigenvalue weighted by Crippen LogP contribution is 2.20. The Balaban J connectivity index is 2.90. The van der Waals surface area contributed by atoms with Crippen LogP contribution in [0.1, 0.15) is 27.7 Å². The highest BCUT2D eigenvalue weighted by Gasteiger charge is 2.35. The van der Waals surface area contributed by atoms with Crippen molar-refractivity contribution in [3.63, 3.8) is 0 Å². The van der Waals surface area contributed by atoms with Gasteiger partial charge in [-0.15, -0.1) is 0 Å². The Morgan fingerprint density at radius 2 is 2.13 bits per heavy atom. The molecule has 88 valence electrons. The third kappa shape index (κ3) is 2.92. The summed E-state index contributed by atoms with van der Waals surface area (Å²) in [5.41, 5.74) is 5.68. The Labute approximate surface area is 92.2 Å². The third-order valence-corrected chi connectivity index (χ3v) is 2.90. The molecule has 1 fully saturated rings. The molecule has 1 heterocycles. The van der Waals surface area contributed by atoms with E-state index >= 15 is 0 Å². The monoisotopic (exact) mass is 213 g/mol. The number of carbonyl (C=O) groups is 1. The summed E-state index contributed by atoms with van der Waals surface area (Å²) in [4.78, 5) is 14.0. The van der Waals surface area contributed by atoms with E-state index in [4.69, 9.17) is 5.73 Å². The van der Waals surface area contributed by atoms with Crippen molar-refractivity contribution >= 4 is 5.91 Å². The Hall–Kier alpha value is -0.610. The molecular weight excluding hydrogens is 190 g/mol. The van der Waals surface area contributed by atoms with Crippen LogP contribution >= 0.6 is 0 Å². The second-order valence-corrected chi connectivity index (χ2v) is 5.43. The predicted molar refractivity (Wildman–Crippen MR) is 61.5 cm³/mol. The van der Waals surface area contributed by atoms with Gasteiger partial charge in [0.1, 0.15) is 6.04 Å². The molecule has 1 aliphatic heterocycles. The molecule has 4 heteroatoms. The van der Waals surface area contributed by atoms with E-state index in [1.54, 1.807) is 0 Å². The first-order valence-corrected chi connectivity index (χ1v) is 5.60. The Morgan fingerprint density at radius 1 is 1.53 bits per heavy atom. The van der Waals surface area contributed by atoms with E-state index in [0.717, 1.165) is 13.1 Å². The number of nitrogens with one attached hydrogen (secondary N) is 1. The molecule has 0 aromatic heterocycles. The Morgan fingerprint density at radius 3 is 2.60 bits per heavy atom. The molecular formula is C11H23N3O. The largest absolute Gasteiger partial charge is 0.354 e. The highest BCUT2D eigenvalue weighted by atomic mass is 16.2. The molecule has 1 saturated heterocycles. The SMILES string of the molecule is CC1CNC(=O)C(CN)N(C(C)(C)C)C1. The number of nitrogens with zero attached hydrogens (tertiary/aromatic N) is 1. The van der Waals surface area contributed by atoms with Crippen molar-refractivity contribution in [1.29, 1.82) is 0 Å². The minimum atomic E-state index is -0.185. The van der Waals surface area contributed by atoms with E-state index in [0.29, 0.717) is 12.5 Å². The highest BCUT2D eigenvalue weighted by molar-refractivity contribution is 5.82. The molecule has 3 N–H and O–H groups in total. The summed E-state index contributed by atoms with van der Waals surface area (Å²) in [5, 5.41) is 2.94. The lowest BCUT2D eigenvalue weighted by molar-refractivity contribution is -0.126. The lowest BCUT2D eigenvalue weighted by atomic mass is 10.0.